The average molecular weight is 171 g/mol. The summed E-state index contributed by atoms with van der Waals surface area (Å²) in [5.74, 6) is 0. The van der Waals surface area contributed by atoms with Crippen LogP contribution in [-0.4, -0.2) is 26.5 Å². The van der Waals surface area contributed by atoms with Crippen LogP contribution in [-0.2, 0) is 6.54 Å². The topological polar surface area (TPSA) is 88.0 Å². The molecule has 0 spiro atoms. The minimum absolute atomic E-state index is 0.0937. The van der Waals surface area contributed by atoms with Crippen molar-refractivity contribution in [3.63, 3.8) is 0 Å². The molecule has 1 heterocycles. The highest BCUT2D eigenvalue weighted by molar-refractivity contribution is 4.87. The first-order valence-corrected chi connectivity index (χ1v) is 3.44. The number of aromatic amines is 1. The summed E-state index contributed by atoms with van der Waals surface area (Å²) in [7, 11) is 0. The predicted molar refractivity (Wildman–Crippen MR) is 40.9 cm³/mol. The maximum absolute atomic E-state index is 10.9. The van der Waals surface area contributed by atoms with Crippen LogP contribution in [0, 0.1) is 6.92 Å². The van der Waals surface area contributed by atoms with Gasteiger partial charge in [0, 0.05) is 0 Å². The number of hydrogen-bond donors (Lipinski definition) is 2. The monoisotopic (exact) mass is 171 g/mol. The first-order valence-electron chi connectivity index (χ1n) is 3.44. The van der Waals surface area contributed by atoms with Gasteiger partial charge in [-0.3, -0.25) is 9.78 Å². The summed E-state index contributed by atoms with van der Waals surface area (Å²) in [4.78, 5) is 23.8. The lowest BCUT2D eigenvalue weighted by atomic mass is 10.5. The fraction of sp³-hybridized carbons (Fsp3) is 0.500. The van der Waals surface area contributed by atoms with Gasteiger partial charge in [-0.05, 0) is 6.92 Å². The quantitative estimate of drug-likeness (QED) is 0.551. The van der Waals surface area contributed by atoms with Crippen molar-refractivity contribution in [3.05, 3.63) is 26.5 Å². The van der Waals surface area contributed by atoms with Crippen LogP contribution >= 0.6 is 0 Å². The zero-order valence-corrected chi connectivity index (χ0v) is 6.57. The molecule has 66 valence electrons. The van der Waals surface area contributed by atoms with E-state index in [1.54, 1.807) is 0 Å². The SMILES string of the molecule is Cc1nn(CCO)c(=O)[nH]c1=O. The van der Waals surface area contributed by atoms with Gasteiger partial charge >= 0.3 is 5.69 Å². The third kappa shape index (κ3) is 1.59. The molecule has 0 aliphatic rings. The largest absolute Gasteiger partial charge is 0.394 e. The van der Waals surface area contributed by atoms with Crippen LogP contribution in [0.25, 0.3) is 0 Å². The second-order valence-corrected chi connectivity index (χ2v) is 2.29. The number of aliphatic hydroxyl groups excluding tert-OH is 1. The summed E-state index contributed by atoms with van der Waals surface area (Å²) in [5.41, 5.74) is -0.878. The highest BCUT2D eigenvalue weighted by atomic mass is 16.3. The van der Waals surface area contributed by atoms with Crippen molar-refractivity contribution >= 4 is 0 Å². The molecule has 0 amide bonds. The Morgan fingerprint density at radius 1 is 1.58 bits per heavy atom. The Kier molecular flexibility index (Phi) is 2.39. The van der Waals surface area contributed by atoms with Crippen LogP contribution in [0.3, 0.4) is 0 Å². The van der Waals surface area contributed by atoms with E-state index in [1.165, 1.54) is 6.92 Å². The molecule has 0 aliphatic heterocycles. The lowest BCUT2D eigenvalue weighted by Gasteiger charge is -2.00. The van der Waals surface area contributed by atoms with Crippen LogP contribution in [0.1, 0.15) is 5.69 Å². The maximum Gasteiger partial charge on any atom is 0.344 e. The van der Waals surface area contributed by atoms with Gasteiger partial charge in [-0.1, -0.05) is 0 Å². The van der Waals surface area contributed by atoms with Crippen LogP contribution in [0.4, 0.5) is 0 Å². The van der Waals surface area contributed by atoms with E-state index in [-0.39, 0.29) is 18.8 Å². The normalized spacial score (nSPS) is 10.2. The Balaban J connectivity index is 3.24. The third-order valence-electron chi connectivity index (χ3n) is 1.37. The summed E-state index contributed by atoms with van der Waals surface area (Å²) in [5, 5.41) is 12.2. The van der Waals surface area contributed by atoms with Gasteiger partial charge in [0.05, 0.1) is 13.2 Å². The Labute approximate surface area is 67.5 Å². The second kappa shape index (κ2) is 3.31. The van der Waals surface area contributed by atoms with Crippen molar-refractivity contribution in [3.8, 4) is 0 Å². The molecule has 12 heavy (non-hydrogen) atoms. The summed E-state index contributed by atoms with van der Waals surface area (Å²) >= 11 is 0. The molecular weight excluding hydrogens is 162 g/mol. The lowest BCUT2D eigenvalue weighted by Crippen LogP contribution is -2.34. The Hall–Kier alpha value is -1.43. The Morgan fingerprint density at radius 3 is 2.83 bits per heavy atom. The molecule has 0 aliphatic carbocycles. The number of nitrogens with zero attached hydrogens (tertiary/aromatic N) is 2. The molecule has 2 N–H and O–H groups in total. The van der Waals surface area contributed by atoms with E-state index in [9.17, 15) is 9.59 Å². The number of rotatable bonds is 2. The molecule has 0 bridgehead atoms. The average Bonchev–Trinajstić information content (AvgIpc) is 2.01. The van der Waals surface area contributed by atoms with Gasteiger partial charge in [0.2, 0.25) is 0 Å². The maximum atomic E-state index is 10.9. The smallest absolute Gasteiger partial charge is 0.344 e. The third-order valence-corrected chi connectivity index (χ3v) is 1.37. The van der Waals surface area contributed by atoms with E-state index in [4.69, 9.17) is 5.11 Å². The standard InChI is InChI=1S/C6H9N3O3/c1-4-5(11)7-6(12)9(8-4)2-3-10/h10H,2-3H2,1H3,(H,7,11,12). The number of aromatic nitrogens is 3. The van der Waals surface area contributed by atoms with Gasteiger partial charge in [0.15, 0.2) is 0 Å². The highest BCUT2D eigenvalue weighted by Crippen LogP contribution is 1.74. The number of aliphatic hydroxyl groups is 1. The van der Waals surface area contributed by atoms with E-state index >= 15 is 0 Å². The van der Waals surface area contributed by atoms with Crippen molar-refractivity contribution < 1.29 is 5.11 Å². The molecule has 0 unspecified atom stereocenters. The molecule has 1 aromatic heterocycles. The Morgan fingerprint density at radius 2 is 2.25 bits per heavy atom. The number of aryl methyl sites for hydroxylation is 1. The molecule has 0 atom stereocenters. The fourth-order valence-corrected chi connectivity index (χ4v) is 0.770. The van der Waals surface area contributed by atoms with Gasteiger partial charge in [-0.25, -0.2) is 9.48 Å². The Bertz CT molecular complexity index is 378. The minimum atomic E-state index is -0.598. The number of nitrogens with one attached hydrogen (secondary N) is 1. The molecule has 1 rings (SSSR count). The van der Waals surface area contributed by atoms with Crippen molar-refractivity contribution in [1.82, 2.24) is 14.8 Å². The van der Waals surface area contributed by atoms with Crippen molar-refractivity contribution in [2.75, 3.05) is 6.61 Å². The highest BCUT2D eigenvalue weighted by Gasteiger charge is 2.00. The summed E-state index contributed by atoms with van der Waals surface area (Å²) in [6.07, 6.45) is 0. The molecule has 0 fully saturated rings. The van der Waals surface area contributed by atoms with Crippen LogP contribution < -0.4 is 11.2 Å². The van der Waals surface area contributed by atoms with E-state index in [0.717, 1.165) is 4.68 Å². The van der Waals surface area contributed by atoms with Crippen molar-refractivity contribution in [2.24, 2.45) is 0 Å². The summed E-state index contributed by atoms with van der Waals surface area (Å²) in [6, 6.07) is 0. The molecule has 0 aromatic carbocycles. The van der Waals surface area contributed by atoms with Crippen molar-refractivity contribution in [2.45, 2.75) is 13.5 Å². The number of hydrogen-bond acceptors (Lipinski definition) is 4. The predicted octanol–water partition coefficient (Wildman–Crippen LogP) is -1.77. The second-order valence-electron chi connectivity index (χ2n) is 2.29. The van der Waals surface area contributed by atoms with Crippen LogP contribution in [0.2, 0.25) is 0 Å². The zero-order chi connectivity index (χ0) is 9.14. The van der Waals surface area contributed by atoms with E-state index in [1.807, 2.05) is 0 Å². The molecule has 6 nitrogen and oxygen atoms in total. The van der Waals surface area contributed by atoms with Crippen LogP contribution in [0.15, 0.2) is 9.59 Å². The number of H-pyrrole nitrogens is 1. The van der Waals surface area contributed by atoms with E-state index in [0.29, 0.717) is 0 Å². The van der Waals surface area contributed by atoms with Crippen molar-refractivity contribution in [1.29, 1.82) is 0 Å². The molecule has 0 saturated carbocycles. The molecule has 0 radical (unpaired) electrons. The van der Waals surface area contributed by atoms with Gasteiger partial charge in [0.1, 0.15) is 5.69 Å². The van der Waals surface area contributed by atoms with Gasteiger partial charge in [0.25, 0.3) is 5.56 Å². The van der Waals surface area contributed by atoms with Gasteiger partial charge in [-0.2, -0.15) is 5.10 Å². The van der Waals surface area contributed by atoms with Crippen LogP contribution in [0.5, 0.6) is 0 Å². The first kappa shape index (κ1) is 8.66. The summed E-state index contributed by atoms with van der Waals surface area (Å²) in [6.45, 7) is 1.40. The molecular formula is C6H9N3O3. The first-order chi connectivity index (χ1) is 5.65. The van der Waals surface area contributed by atoms with E-state index < -0.39 is 11.2 Å². The fourth-order valence-electron chi connectivity index (χ4n) is 0.770. The summed E-state index contributed by atoms with van der Waals surface area (Å²) < 4.78 is 1.01. The van der Waals surface area contributed by atoms with Gasteiger partial charge in [-0.15, -0.1) is 0 Å². The minimum Gasteiger partial charge on any atom is -0.394 e. The van der Waals surface area contributed by atoms with Gasteiger partial charge < -0.3 is 5.11 Å². The lowest BCUT2D eigenvalue weighted by molar-refractivity contribution is 0.264. The zero-order valence-electron chi connectivity index (χ0n) is 6.57. The molecule has 6 heteroatoms. The molecule has 1 aromatic rings. The molecule has 0 saturated heterocycles. The van der Waals surface area contributed by atoms with E-state index in [2.05, 4.69) is 10.1 Å².